The Kier molecular flexibility index (Phi) is 8.47. The molecule has 6 heteroatoms. The summed E-state index contributed by atoms with van der Waals surface area (Å²) < 4.78 is 6.85. The fourth-order valence-corrected chi connectivity index (χ4v) is 0.650. The quantitative estimate of drug-likeness (QED) is 0.801. The van der Waals surface area contributed by atoms with Crippen molar-refractivity contribution in [3.63, 3.8) is 0 Å². The van der Waals surface area contributed by atoms with Gasteiger partial charge in [-0.15, -0.1) is 24.8 Å². The Balaban J connectivity index is 0. The van der Waals surface area contributed by atoms with Crippen LogP contribution in [0.3, 0.4) is 0 Å². The van der Waals surface area contributed by atoms with Gasteiger partial charge in [-0.25, -0.2) is 0 Å². The highest BCUT2D eigenvalue weighted by molar-refractivity contribution is 5.85. The van der Waals surface area contributed by atoms with Crippen LogP contribution < -0.4 is 10.5 Å². The molecule has 0 bridgehead atoms. The van der Waals surface area contributed by atoms with Crippen LogP contribution >= 0.6 is 24.8 Å². The van der Waals surface area contributed by atoms with Crippen molar-refractivity contribution >= 4 is 24.8 Å². The molecule has 0 unspecified atom stereocenters. The monoisotopic (exact) mass is 213 g/mol. The first-order valence-corrected chi connectivity index (χ1v) is 3.14. The molecule has 4 nitrogen and oxygen atoms in total. The molecule has 0 saturated carbocycles. The fourth-order valence-electron chi connectivity index (χ4n) is 0.650. The number of hydrogen-bond donors (Lipinski definition) is 1. The van der Waals surface area contributed by atoms with Crippen molar-refractivity contribution in [3.05, 3.63) is 12.4 Å². The highest BCUT2D eigenvalue weighted by Crippen LogP contribution is 2.05. The Morgan fingerprint density at radius 3 is 2.67 bits per heavy atom. The zero-order chi connectivity index (χ0) is 7.40. The van der Waals surface area contributed by atoms with Crippen molar-refractivity contribution in [1.82, 2.24) is 9.78 Å². The lowest BCUT2D eigenvalue weighted by Gasteiger charge is -1.97. The molecule has 0 aromatic carbocycles. The maximum Gasteiger partial charge on any atom is 0.157 e. The van der Waals surface area contributed by atoms with Crippen LogP contribution in [0.1, 0.15) is 0 Å². The van der Waals surface area contributed by atoms with E-state index in [1.165, 1.54) is 0 Å². The first kappa shape index (κ1) is 14.1. The third-order valence-electron chi connectivity index (χ3n) is 1.07. The highest BCUT2D eigenvalue weighted by Gasteiger charge is 1.93. The molecule has 2 N–H and O–H groups in total. The second-order valence-electron chi connectivity index (χ2n) is 1.99. The van der Waals surface area contributed by atoms with E-state index in [1.54, 1.807) is 17.1 Å². The van der Waals surface area contributed by atoms with Gasteiger partial charge in [0.1, 0.15) is 6.61 Å². The molecule has 0 amide bonds. The van der Waals surface area contributed by atoms with E-state index in [0.717, 1.165) is 5.75 Å². The van der Waals surface area contributed by atoms with E-state index in [0.29, 0.717) is 13.2 Å². The molecule has 0 aliphatic heterocycles. The summed E-state index contributed by atoms with van der Waals surface area (Å²) >= 11 is 0. The van der Waals surface area contributed by atoms with Gasteiger partial charge < -0.3 is 10.5 Å². The SMILES string of the molecule is Cl.Cl.Cn1cc(OCCN)cn1. The van der Waals surface area contributed by atoms with Crippen LogP contribution in [0.15, 0.2) is 12.4 Å². The molecule has 0 fully saturated rings. The van der Waals surface area contributed by atoms with Crippen molar-refractivity contribution in [2.45, 2.75) is 0 Å². The van der Waals surface area contributed by atoms with Gasteiger partial charge in [0.15, 0.2) is 5.75 Å². The molecular weight excluding hydrogens is 201 g/mol. The van der Waals surface area contributed by atoms with Crippen LogP contribution in [-0.2, 0) is 7.05 Å². The van der Waals surface area contributed by atoms with Gasteiger partial charge in [-0.3, -0.25) is 4.68 Å². The third-order valence-corrected chi connectivity index (χ3v) is 1.07. The zero-order valence-corrected chi connectivity index (χ0v) is 8.40. The number of aryl methyl sites for hydroxylation is 1. The number of hydrogen-bond acceptors (Lipinski definition) is 3. The normalized spacial score (nSPS) is 8.17. The van der Waals surface area contributed by atoms with Gasteiger partial charge >= 0.3 is 0 Å². The Labute approximate surface area is 83.9 Å². The summed E-state index contributed by atoms with van der Waals surface area (Å²) in [4.78, 5) is 0. The van der Waals surface area contributed by atoms with Crippen molar-refractivity contribution < 1.29 is 4.74 Å². The number of nitrogens with zero attached hydrogens (tertiary/aromatic N) is 2. The maximum absolute atomic E-state index is 5.23. The van der Waals surface area contributed by atoms with E-state index in [4.69, 9.17) is 10.5 Å². The summed E-state index contributed by atoms with van der Waals surface area (Å²) in [5.41, 5.74) is 5.23. The van der Waals surface area contributed by atoms with Crippen molar-refractivity contribution in [2.24, 2.45) is 12.8 Å². The summed E-state index contributed by atoms with van der Waals surface area (Å²) in [6.07, 6.45) is 3.46. The van der Waals surface area contributed by atoms with Gasteiger partial charge in [-0.1, -0.05) is 0 Å². The van der Waals surface area contributed by atoms with Crippen molar-refractivity contribution in [3.8, 4) is 5.75 Å². The number of aromatic nitrogens is 2. The molecule has 12 heavy (non-hydrogen) atoms. The third kappa shape index (κ3) is 4.43. The summed E-state index contributed by atoms with van der Waals surface area (Å²) in [6.45, 7) is 1.08. The minimum absolute atomic E-state index is 0. The second kappa shape index (κ2) is 7.21. The van der Waals surface area contributed by atoms with Crippen molar-refractivity contribution in [2.75, 3.05) is 13.2 Å². The Bertz CT molecular complexity index is 204. The summed E-state index contributed by atoms with van der Waals surface area (Å²) in [7, 11) is 1.84. The lowest BCUT2D eigenvalue weighted by molar-refractivity contribution is 0.328. The van der Waals surface area contributed by atoms with Crippen LogP contribution in [0.25, 0.3) is 0 Å². The van der Waals surface area contributed by atoms with E-state index in [9.17, 15) is 0 Å². The molecule has 1 rings (SSSR count). The number of halogens is 2. The fraction of sp³-hybridized carbons (Fsp3) is 0.500. The molecule has 0 aliphatic rings. The second-order valence-corrected chi connectivity index (χ2v) is 1.99. The molecule has 0 radical (unpaired) electrons. The smallest absolute Gasteiger partial charge is 0.157 e. The number of rotatable bonds is 3. The molecular formula is C6H13Cl2N3O. The predicted octanol–water partition coefficient (Wildman–Crippen LogP) is 0.601. The zero-order valence-electron chi connectivity index (χ0n) is 6.77. The lowest BCUT2D eigenvalue weighted by Crippen LogP contribution is -2.10. The highest BCUT2D eigenvalue weighted by atomic mass is 35.5. The first-order chi connectivity index (χ1) is 4.83. The van der Waals surface area contributed by atoms with Crippen LogP contribution in [0.2, 0.25) is 0 Å². The molecule has 0 atom stereocenters. The largest absolute Gasteiger partial charge is 0.489 e. The maximum atomic E-state index is 5.23. The predicted molar refractivity (Wildman–Crippen MR) is 52.3 cm³/mol. The lowest BCUT2D eigenvalue weighted by atomic mass is 10.6. The molecule has 0 spiro atoms. The van der Waals surface area contributed by atoms with Crippen molar-refractivity contribution in [1.29, 1.82) is 0 Å². The van der Waals surface area contributed by atoms with E-state index in [-0.39, 0.29) is 24.8 Å². The van der Waals surface area contributed by atoms with Crippen LogP contribution in [0, 0.1) is 0 Å². The summed E-state index contributed by atoms with van der Waals surface area (Å²) in [6, 6.07) is 0. The Morgan fingerprint density at radius 2 is 2.25 bits per heavy atom. The van der Waals surface area contributed by atoms with Gasteiger partial charge in [-0.05, 0) is 0 Å². The Morgan fingerprint density at radius 1 is 1.58 bits per heavy atom. The van der Waals surface area contributed by atoms with Crippen LogP contribution in [-0.4, -0.2) is 22.9 Å². The first-order valence-electron chi connectivity index (χ1n) is 3.14. The summed E-state index contributed by atoms with van der Waals surface area (Å²) in [5, 5.41) is 3.92. The van der Waals surface area contributed by atoms with E-state index in [2.05, 4.69) is 5.10 Å². The van der Waals surface area contributed by atoms with E-state index >= 15 is 0 Å². The van der Waals surface area contributed by atoms with Gasteiger partial charge in [0, 0.05) is 13.6 Å². The van der Waals surface area contributed by atoms with E-state index < -0.39 is 0 Å². The van der Waals surface area contributed by atoms with Gasteiger partial charge in [0.05, 0.1) is 12.4 Å². The number of nitrogens with two attached hydrogens (primary N) is 1. The number of ether oxygens (including phenoxy) is 1. The van der Waals surface area contributed by atoms with Crippen LogP contribution in [0.5, 0.6) is 5.75 Å². The topological polar surface area (TPSA) is 53.1 Å². The van der Waals surface area contributed by atoms with E-state index in [1.807, 2.05) is 7.05 Å². The molecule has 1 heterocycles. The molecule has 72 valence electrons. The molecule has 1 aromatic rings. The Hall–Kier alpha value is -0.450. The average molecular weight is 214 g/mol. The summed E-state index contributed by atoms with van der Waals surface area (Å²) in [5.74, 6) is 0.771. The molecule has 0 saturated heterocycles. The molecule has 1 aromatic heterocycles. The standard InChI is InChI=1S/C6H11N3O.2ClH/c1-9-5-6(4-8-9)10-3-2-7;;/h4-5H,2-3,7H2,1H3;2*1H. The van der Waals surface area contributed by atoms with Gasteiger partial charge in [0.25, 0.3) is 0 Å². The van der Waals surface area contributed by atoms with Crippen LogP contribution in [0.4, 0.5) is 0 Å². The van der Waals surface area contributed by atoms with Gasteiger partial charge in [-0.2, -0.15) is 5.10 Å². The van der Waals surface area contributed by atoms with Gasteiger partial charge in [0.2, 0.25) is 0 Å². The average Bonchev–Trinajstić information content (AvgIpc) is 2.31. The minimum Gasteiger partial charge on any atom is -0.489 e. The molecule has 0 aliphatic carbocycles. The minimum atomic E-state index is 0.